The number of nitrogens with one attached hydrogen (secondary N) is 1. The second-order valence-electron chi connectivity index (χ2n) is 5.47. The van der Waals surface area contributed by atoms with E-state index in [1.165, 1.54) is 0 Å². The number of nitrogens with zero attached hydrogens (tertiary/aromatic N) is 2. The molecular formula is C14H25N3O. The van der Waals surface area contributed by atoms with E-state index in [-0.39, 0.29) is 5.41 Å². The van der Waals surface area contributed by atoms with Crippen LogP contribution < -0.4 is 5.32 Å². The van der Waals surface area contributed by atoms with Gasteiger partial charge in [-0.3, -0.25) is 0 Å². The number of ether oxygens (including phenoxy) is 1. The molecule has 1 aromatic rings. The van der Waals surface area contributed by atoms with Crippen molar-refractivity contribution in [2.45, 2.75) is 46.0 Å². The van der Waals surface area contributed by atoms with Crippen molar-refractivity contribution in [2.24, 2.45) is 0 Å². The van der Waals surface area contributed by atoms with Crippen LogP contribution in [0.2, 0.25) is 0 Å². The van der Waals surface area contributed by atoms with Crippen molar-refractivity contribution in [2.75, 3.05) is 25.6 Å². The molecule has 1 heterocycles. The minimum atomic E-state index is 0.0351. The van der Waals surface area contributed by atoms with Crippen LogP contribution in [0.1, 0.15) is 45.6 Å². The van der Waals surface area contributed by atoms with Gasteiger partial charge in [0, 0.05) is 31.6 Å². The van der Waals surface area contributed by atoms with Crippen molar-refractivity contribution in [1.82, 2.24) is 9.97 Å². The van der Waals surface area contributed by atoms with E-state index in [1.807, 2.05) is 6.07 Å². The summed E-state index contributed by atoms with van der Waals surface area (Å²) in [7, 11) is 1.70. The molecule has 1 N–H and O–H groups in total. The first kappa shape index (κ1) is 14.9. The predicted octanol–water partition coefficient (Wildman–Crippen LogP) is 2.78. The highest BCUT2D eigenvalue weighted by Crippen LogP contribution is 2.22. The summed E-state index contributed by atoms with van der Waals surface area (Å²) < 4.78 is 5.09. The van der Waals surface area contributed by atoms with Gasteiger partial charge < -0.3 is 10.1 Å². The lowest BCUT2D eigenvalue weighted by Gasteiger charge is -2.19. The Morgan fingerprint density at radius 2 is 2.00 bits per heavy atom. The highest BCUT2D eigenvalue weighted by atomic mass is 16.5. The summed E-state index contributed by atoms with van der Waals surface area (Å²) in [6.45, 7) is 10.2. The zero-order valence-corrected chi connectivity index (χ0v) is 12.2. The van der Waals surface area contributed by atoms with Crippen molar-refractivity contribution in [1.29, 1.82) is 0 Å². The fourth-order valence-electron chi connectivity index (χ4n) is 1.53. The maximum absolute atomic E-state index is 5.09. The van der Waals surface area contributed by atoms with Crippen LogP contribution in [0.5, 0.6) is 0 Å². The zero-order valence-electron chi connectivity index (χ0n) is 12.2. The fraction of sp³-hybridized carbons (Fsp3) is 0.714. The Labute approximate surface area is 110 Å². The molecule has 0 saturated heterocycles. The third-order valence-electron chi connectivity index (χ3n) is 2.63. The molecule has 102 valence electrons. The fourth-order valence-corrected chi connectivity index (χ4v) is 1.53. The Balaban J connectivity index is 2.96. The molecule has 0 saturated carbocycles. The summed E-state index contributed by atoms with van der Waals surface area (Å²) in [6, 6.07) is 2.05. The van der Waals surface area contributed by atoms with Crippen molar-refractivity contribution < 1.29 is 4.74 Å². The summed E-state index contributed by atoms with van der Waals surface area (Å²) in [4.78, 5) is 9.14. The highest BCUT2D eigenvalue weighted by molar-refractivity contribution is 5.38. The minimum Gasteiger partial charge on any atom is -0.384 e. The Morgan fingerprint density at radius 3 is 2.56 bits per heavy atom. The first-order valence-electron chi connectivity index (χ1n) is 6.58. The molecule has 0 bridgehead atoms. The maximum Gasteiger partial charge on any atom is 0.133 e. The van der Waals surface area contributed by atoms with Gasteiger partial charge in [0.15, 0.2) is 0 Å². The van der Waals surface area contributed by atoms with Gasteiger partial charge >= 0.3 is 0 Å². The van der Waals surface area contributed by atoms with Crippen LogP contribution in [0.4, 0.5) is 5.82 Å². The molecule has 0 unspecified atom stereocenters. The van der Waals surface area contributed by atoms with E-state index in [0.717, 1.165) is 36.7 Å². The van der Waals surface area contributed by atoms with Gasteiger partial charge in [0.2, 0.25) is 0 Å². The van der Waals surface area contributed by atoms with Gasteiger partial charge in [-0.1, -0.05) is 27.7 Å². The molecule has 0 amide bonds. The molecular weight excluding hydrogens is 226 g/mol. The SMILES string of the molecule is CCCNc1cc(C(C)(C)C)nc(CCOC)n1. The number of anilines is 1. The van der Waals surface area contributed by atoms with Crippen molar-refractivity contribution in [3.63, 3.8) is 0 Å². The first-order chi connectivity index (χ1) is 8.47. The molecule has 0 aliphatic heterocycles. The number of rotatable bonds is 6. The Bertz CT molecular complexity index is 346. The highest BCUT2D eigenvalue weighted by Gasteiger charge is 2.17. The average Bonchev–Trinajstić information content (AvgIpc) is 2.32. The van der Waals surface area contributed by atoms with Crippen LogP contribution in [-0.4, -0.2) is 30.2 Å². The van der Waals surface area contributed by atoms with Crippen LogP contribution in [0, 0.1) is 0 Å². The van der Waals surface area contributed by atoms with E-state index in [9.17, 15) is 0 Å². The third kappa shape index (κ3) is 4.61. The van der Waals surface area contributed by atoms with Crippen molar-refractivity contribution >= 4 is 5.82 Å². The molecule has 0 atom stereocenters. The van der Waals surface area contributed by atoms with E-state index < -0.39 is 0 Å². The lowest BCUT2D eigenvalue weighted by atomic mass is 9.92. The van der Waals surface area contributed by atoms with Crippen molar-refractivity contribution in [3.8, 4) is 0 Å². The van der Waals surface area contributed by atoms with Gasteiger partial charge in [0.1, 0.15) is 11.6 Å². The summed E-state index contributed by atoms with van der Waals surface area (Å²) in [5.74, 6) is 1.77. The lowest BCUT2D eigenvalue weighted by molar-refractivity contribution is 0.200. The standard InChI is InChI=1S/C14H25N3O/c1-6-8-15-13-10-11(14(2,3)4)16-12(17-13)7-9-18-5/h10H,6-9H2,1-5H3,(H,15,16,17). The van der Waals surface area contributed by atoms with Gasteiger partial charge in [-0.25, -0.2) is 9.97 Å². The molecule has 1 aromatic heterocycles. The Kier molecular flexibility index (Phi) is 5.54. The number of hydrogen-bond acceptors (Lipinski definition) is 4. The molecule has 4 nitrogen and oxygen atoms in total. The van der Waals surface area contributed by atoms with Gasteiger partial charge in [0.05, 0.1) is 12.3 Å². The van der Waals surface area contributed by atoms with Crippen LogP contribution in [-0.2, 0) is 16.6 Å². The summed E-state index contributed by atoms with van der Waals surface area (Å²) in [5.41, 5.74) is 1.11. The van der Waals surface area contributed by atoms with E-state index in [4.69, 9.17) is 4.74 Å². The van der Waals surface area contributed by atoms with E-state index in [2.05, 4.69) is 43.0 Å². The molecule has 0 fully saturated rings. The van der Waals surface area contributed by atoms with Crippen LogP contribution in [0.3, 0.4) is 0 Å². The molecule has 1 rings (SSSR count). The zero-order chi connectivity index (χ0) is 13.6. The number of aromatic nitrogens is 2. The normalized spacial score (nSPS) is 11.6. The number of methoxy groups -OCH3 is 1. The summed E-state index contributed by atoms with van der Waals surface area (Å²) >= 11 is 0. The second-order valence-corrected chi connectivity index (χ2v) is 5.47. The van der Waals surface area contributed by atoms with Gasteiger partial charge in [0.25, 0.3) is 0 Å². The smallest absolute Gasteiger partial charge is 0.133 e. The first-order valence-corrected chi connectivity index (χ1v) is 6.58. The average molecular weight is 251 g/mol. The molecule has 0 aliphatic rings. The molecule has 0 aromatic carbocycles. The van der Waals surface area contributed by atoms with Crippen LogP contribution in [0.15, 0.2) is 6.07 Å². The largest absolute Gasteiger partial charge is 0.384 e. The minimum absolute atomic E-state index is 0.0351. The monoisotopic (exact) mass is 251 g/mol. The lowest BCUT2D eigenvalue weighted by Crippen LogP contribution is -2.17. The Morgan fingerprint density at radius 1 is 1.28 bits per heavy atom. The summed E-state index contributed by atoms with van der Waals surface area (Å²) in [6.07, 6.45) is 1.84. The quantitative estimate of drug-likeness (QED) is 0.844. The molecule has 0 radical (unpaired) electrons. The maximum atomic E-state index is 5.09. The predicted molar refractivity (Wildman–Crippen MR) is 75.1 cm³/mol. The van der Waals surface area contributed by atoms with E-state index >= 15 is 0 Å². The van der Waals surface area contributed by atoms with Crippen LogP contribution >= 0.6 is 0 Å². The second kappa shape index (κ2) is 6.69. The molecule has 18 heavy (non-hydrogen) atoms. The molecule has 0 aliphatic carbocycles. The number of hydrogen-bond donors (Lipinski definition) is 1. The van der Waals surface area contributed by atoms with Gasteiger partial charge in [-0.2, -0.15) is 0 Å². The molecule has 0 spiro atoms. The van der Waals surface area contributed by atoms with Gasteiger partial charge in [-0.15, -0.1) is 0 Å². The molecule has 4 heteroatoms. The Hall–Kier alpha value is -1.16. The van der Waals surface area contributed by atoms with Crippen molar-refractivity contribution in [3.05, 3.63) is 17.6 Å². The topological polar surface area (TPSA) is 47.0 Å². The van der Waals surface area contributed by atoms with E-state index in [1.54, 1.807) is 7.11 Å². The summed E-state index contributed by atoms with van der Waals surface area (Å²) in [5, 5.41) is 3.33. The van der Waals surface area contributed by atoms with Gasteiger partial charge in [-0.05, 0) is 6.42 Å². The third-order valence-corrected chi connectivity index (χ3v) is 2.63. The van der Waals surface area contributed by atoms with E-state index in [0.29, 0.717) is 6.61 Å². The van der Waals surface area contributed by atoms with Crippen LogP contribution in [0.25, 0.3) is 0 Å².